The molecule has 102 valence electrons. The van der Waals surface area contributed by atoms with Crippen LogP contribution in [0.25, 0.3) is 0 Å². The Labute approximate surface area is 114 Å². The first-order valence-electron chi connectivity index (χ1n) is 7.36. The van der Waals surface area contributed by atoms with Gasteiger partial charge >= 0.3 is 0 Å². The number of rotatable bonds is 5. The van der Waals surface area contributed by atoms with Crippen LogP contribution in [0, 0.1) is 5.92 Å². The van der Waals surface area contributed by atoms with Gasteiger partial charge in [0.15, 0.2) is 0 Å². The minimum absolute atomic E-state index is 0.213. The maximum Gasteiger partial charge on any atom is 0.230 e. The molecule has 2 aliphatic rings. The molecule has 1 aromatic rings. The highest BCUT2D eigenvalue weighted by atomic mass is 16.2. The molecule has 1 saturated carbocycles. The first-order valence-corrected chi connectivity index (χ1v) is 7.36. The van der Waals surface area contributed by atoms with E-state index < -0.39 is 0 Å². The van der Waals surface area contributed by atoms with Crippen LogP contribution in [0.2, 0.25) is 0 Å². The monoisotopic (exact) mass is 258 g/mol. The number of carbonyl (C=O) groups is 1. The Kier molecular flexibility index (Phi) is 3.56. The van der Waals surface area contributed by atoms with Crippen LogP contribution in [0.5, 0.6) is 0 Å². The lowest BCUT2D eigenvalue weighted by molar-refractivity contribution is -0.123. The summed E-state index contributed by atoms with van der Waals surface area (Å²) < 4.78 is 0. The molecular weight excluding hydrogens is 236 g/mol. The zero-order chi connectivity index (χ0) is 13.1. The maximum atomic E-state index is 12.4. The second-order valence-electron chi connectivity index (χ2n) is 5.85. The third-order valence-corrected chi connectivity index (χ3v) is 4.51. The molecule has 1 amide bonds. The molecule has 2 N–H and O–H groups in total. The van der Waals surface area contributed by atoms with Gasteiger partial charge in [0.2, 0.25) is 5.91 Å². The first kappa shape index (κ1) is 12.7. The predicted octanol–water partition coefficient (Wildman–Crippen LogP) is 1.83. The van der Waals surface area contributed by atoms with Crippen LogP contribution in [-0.4, -0.2) is 25.5 Å². The summed E-state index contributed by atoms with van der Waals surface area (Å²) in [5.41, 5.74) is 0.963. The van der Waals surface area contributed by atoms with Crippen LogP contribution < -0.4 is 10.6 Å². The van der Waals surface area contributed by atoms with E-state index >= 15 is 0 Å². The third kappa shape index (κ3) is 2.66. The van der Waals surface area contributed by atoms with Gasteiger partial charge in [-0.3, -0.25) is 4.79 Å². The molecule has 2 fully saturated rings. The minimum atomic E-state index is -0.213. The van der Waals surface area contributed by atoms with Crippen LogP contribution in [0.3, 0.4) is 0 Å². The zero-order valence-electron chi connectivity index (χ0n) is 11.3. The normalized spacial score (nSPS) is 24.1. The summed E-state index contributed by atoms with van der Waals surface area (Å²) in [5.74, 6) is 0.969. The summed E-state index contributed by atoms with van der Waals surface area (Å²) in [6, 6.07) is 10.2. The van der Waals surface area contributed by atoms with Gasteiger partial charge in [0, 0.05) is 6.54 Å². The molecule has 1 saturated heterocycles. The first-order chi connectivity index (χ1) is 9.31. The maximum absolute atomic E-state index is 12.4. The summed E-state index contributed by atoms with van der Waals surface area (Å²) in [5, 5.41) is 6.51. The van der Waals surface area contributed by atoms with Gasteiger partial charge in [-0.1, -0.05) is 30.3 Å². The lowest BCUT2D eigenvalue weighted by Gasteiger charge is -2.16. The van der Waals surface area contributed by atoms with Gasteiger partial charge in [-0.15, -0.1) is 0 Å². The van der Waals surface area contributed by atoms with Crippen molar-refractivity contribution in [1.29, 1.82) is 0 Å². The molecule has 0 bridgehead atoms. The topological polar surface area (TPSA) is 41.1 Å². The molecule has 3 nitrogen and oxygen atoms in total. The molecule has 19 heavy (non-hydrogen) atoms. The van der Waals surface area contributed by atoms with E-state index in [1.807, 2.05) is 18.2 Å². The standard InChI is InChI=1S/C16H22N2O/c19-15(18-11-7-13-6-10-17-12-13)16(8-9-16)14-4-2-1-3-5-14/h1-5,13,17H,6-12H2,(H,18,19)/t13-/m1/s1. The lowest BCUT2D eigenvalue weighted by atomic mass is 9.95. The summed E-state index contributed by atoms with van der Waals surface area (Å²) in [7, 11) is 0. The predicted molar refractivity (Wildman–Crippen MR) is 76.0 cm³/mol. The quantitative estimate of drug-likeness (QED) is 0.846. The van der Waals surface area contributed by atoms with E-state index in [0.717, 1.165) is 44.8 Å². The fourth-order valence-corrected chi connectivity index (χ4v) is 3.05. The molecule has 3 heteroatoms. The van der Waals surface area contributed by atoms with Crippen LogP contribution in [0.1, 0.15) is 31.2 Å². The van der Waals surface area contributed by atoms with Crippen molar-refractivity contribution in [3.8, 4) is 0 Å². The molecule has 1 aromatic carbocycles. The fourth-order valence-electron chi connectivity index (χ4n) is 3.05. The highest BCUT2D eigenvalue weighted by molar-refractivity contribution is 5.91. The third-order valence-electron chi connectivity index (χ3n) is 4.51. The van der Waals surface area contributed by atoms with Crippen LogP contribution in [0.4, 0.5) is 0 Å². The van der Waals surface area contributed by atoms with Crippen molar-refractivity contribution in [2.24, 2.45) is 5.92 Å². The van der Waals surface area contributed by atoms with E-state index in [0.29, 0.717) is 0 Å². The molecule has 1 heterocycles. The van der Waals surface area contributed by atoms with Crippen molar-refractivity contribution in [1.82, 2.24) is 10.6 Å². The van der Waals surface area contributed by atoms with Crippen molar-refractivity contribution in [2.75, 3.05) is 19.6 Å². The van der Waals surface area contributed by atoms with Crippen LogP contribution >= 0.6 is 0 Å². The lowest BCUT2D eigenvalue weighted by Crippen LogP contribution is -2.36. The van der Waals surface area contributed by atoms with Crippen molar-refractivity contribution < 1.29 is 4.79 Å². The second kappa shape index (κ2) is 5.33. The largest absolute Gasteiger partial charge is 0.355 e. The average Bonchev–Trinajstić information content (AvgIpc) is 3.11. The van der Waals surface area contributed by atoms with Gasteiger partial charge < -0.3 is 10.6 Å². The highest BCUT2D eigenvalue weighted by Crippen LogP contribution is 2.48. The molecule has 3 rings (SSSR count). The molecule has 0 radical (unpaired) electrons. The number of carbonyl (C=O) groups excluding carboxylic acids is 1. The fraction of sp³-hybridized carbons (Fsp3) is 0.562. The second-order valence-corrected chi connectivity index (χ2v) is 5.85. The van der Waals surface area contributed by atoms with Gasteiger partial charge in [0.1, 0.15) is 0 Å². The van der Waals surface area contributed by atoms with Gasteiger partial charge in [-0.25, -0.2) is 0 Å². The Morgan fingerprint density at radius 3 is 2.74 bits per heavy atom. The number of nitrogens with one attached hydrogen (secondary N) is 2. The Bertz CT molecular complexity index is 433. The van der Waals surface area contributed by atoms with Gasteiger partial charge in [0.05, 0.1) is 5.41 Å². The Morgan fingerprint density at radius 2 is 2.11 bits per heavy atom. The van der Waals surface area contributed by atoms with Gasteiger partial charge in [0.25, 0.3) is 0 Å². The number of amides is 1. The van der Waals surface area contributed by atoms with Crippen molar-refractivity contribution >= 4 is 5.91 Å². The Hall–Kier alpha value is -1.35. The summed E-state index contributed by atoms with van der Waals surface area (Å²) >= 11 is 0. The smallest absolute Gasteiger partial charge is 0.230 e. The molecule has 1 atom stereocenters. The number of hydrogen-bond donors (Lipinski definition) is 2. The van der Waals surface area contributed by atoms with Crippen molar-refractivity contribution in [3.63, 3.8) is 0 Å². The van der Waals surface area contributed by atoms with E-state index in [1.165, 1.54) is 12.0 Å². The van der Waals surface area contributed by atoms with E-state index in [9.17, 15) is 4.79 Å². The summed E-state index contributed by atoms with van der Waals surface area (Å²) in [6.45, 7) is 3.06. The molecule has 1 aliphatic carbocycles. The van der Waals surface area contributed by atoms with Crippen LogP contribution in [0.15, 0.2) is 30.3 Å². The number of benzene rings is 1. The molecule has 0 unspecified atom stereocenters. The SMILES string of the molecule is O=C(NCC[C@H]1CCNC1)C1(c2ccccc2)CC1. The molecular formula is C16H22N2O. The minimum Gasteiger partial charge on any atom is -0.355 e. The van der Waals surface area contributed by atoms with E-state index in [4.69, 9.17) is 0 Å². The van der Waals surface area contributed by atoms with E-state index in [2.05, 4.69) is 22.8 Å². The van der Waals surface area contributed by atoms with Crippen molar-refractivity contribution in [3.05, 3.63) is 35.9 Å². The van der Waals surface area contributed by atoms with Crippen molar-refractivity contribution in [2.45, 2.75) is 31.1 Å². The van der Waals surface area contributed by atoms with E-state index in [1.54, 1.807) is 0 Å². The van der Waals surface area contributed by atoms with Crippen LogP contribution in [-0.2, 0) is 10.2 Å². The van der Waals surface area contributed by atoms with Gasteiger partial charge in [-0.05, 0) is 50.3 Å². The van der Waals surface area contributed by atoms with Gasteiger partial charge in [-0.2, -0.15) is 0 Å². The average molecular weight is 258 g/mol. The Morgan fingerprint density at radius 1 is 1.32 bits per heavy atom. The number of hydrogen-bond acceptors (Lipinski definition) is 2. The summed E-state index contributed by atoms with van der Waals surface area (Å²) in [6.07, 6.45) is 4.34. The molecule has 0 aromatic heterocycles. The molecule has 1 aliphatic heterocycles. The highest BCUT2D eigenvalue weighted by Gasteiger charge is 2.50. The zero-order valence-corrected chi connectivity index (χ0v) is 11.3. The Balaban J connectivity index is 1.52. The summed E-state index contributed by atoms with van der Waals surface area (Å²) in [4.78, 5) is 12.4. The van der Waals surface area contributed by atoms with E-state index in [-0.39, 0.29) is 11.3 Å². The molecule has 0 spiro atoms.